The number of aromatic amines is 1. The van der Waals surface area contributed by atoms with E-state index in [1.165, 1.54) is 31.7 Å². The van der Waals surface area contributed by atoms with Crippen LogP contribution >= 0.6 is 0 Å². The summed E-state index contributed by atoms with van der Waals surface area (Å²) in [5, 5.41) is 23.2. The number of benzene rings is 1. The van der Waals surface area contributed by atoms with Crippen molar-refractivity contribution in [1.82, 2.24) is 15.0 Å². The molecule has 0 amide bonds. The van der Waals surface area contributed by atoms with Gasteiger partial charge in [-0.3, -0.25) is 0 Å². The van der Waals surface area contributed by atoms with E-state index in [4.69, 9.17) is 4.74 Å². The number of hydrogen-bond acceptors (Lipinski definition) is 6. The predicted molar refractivity (Wildman–Crippen MR) is 83.3 cm³/mol. The van der Waals surface area contributed by atoms with Crippen LogP contribution in [0.15, 0.2) is 60.2 Å². The third-order valence-electron chi connectivity index (χ3n) is 2.71. The average molecular weight is 438 g/mol. The number of rotatable bonds is 3. The van der Waals surface area contributed by atoms with Gasteiger partial charge in [0.05, 0.1) is 13.4 Å². The number of methoxy groups -OCH3 is 1. The molecule has 140 valence electrons. The van der Waals surface area contributed by atoms with Crippen molar-refractivity contribution in [2.24, 2.45) is 4.99 Å². The molecule has 0 bridgehead atoms. The quantitative estimate of drug-likeness (QED) is 0.478. The first-order chi connectivity index (χ1) is 11.2. The maximum Gasteiger partial charge on any atom is 0.143 e. The van der Waals surface area contributed by atoms with E-state index in [2.05, 4.69) is 19.9 Å². The summed E-state index contributed by atoms with van der Waals surface area (Å²) in [6.45, 7) is 0. The minimum Gasteiger partial charge on any atom is -2.00 e. The van der Waals surface area contributed by atoms with E-state index in [-0.39, 0.29) is 55.1 Å². The van der Waals surface area contributed by atoms with Crippen molar-refractivity contribution in [2.75, 3.05) is 7.11 Å². The predicted octanol–water partition coefficient (Wildman–Crippen LogP) is 1.16. The van der Waals surface area contributed by atoms with Gasteiger partial charge in [0.25, 0.3) is 0 Å². The molecule has 0 aliphatic rings. The Labute approximate surface area is 164 Å². The Morgan fingerprint density at radius 3 is 2.42 bits per heavy atom. The topological polar surface area (TPSA) is 166 Å². The van der Waals surface area contributed by atoms with Crippen LogP contribution in [0.5, 0.6) is 17.2 Å². The van der Waals surface area contributed by atoms with E-state index in [9.17, 15) is 10.2 Å². The minimum atomic E-state index is -0.288. The molecule has 3 rings (SSSR count). The van der Waals surface area contributed by atoms with Gasteiger partial charge in [-0.25, -0.2) is 15.0 Å². The number of H-pyrrole nitrogens is 1. The minimum absolute atomic E-state index is 0. The fraction of sp³-hybridized carbons (Fsp3) is 0.0625. The fourth-order valence-electron chi connectivity index (χ4n) is 1.62. The Hall–Kier alpha value is -2.74. The monoisotopic (exact) mass is 440 g/mol. The molecule has 2 aromatic heterocycles. The number of pyridine rings is 1. The third-order valence-corrected chi connectivity index (χ3v) is 2.71. The molecule has 3 aromatic rings. The second kappa shape index (κ2) is 13.5. The standard InChI is InChI=1S/C13H12N2O3.C3H4N2.Mo.2O/c1-18-11-6-2-4-9(12(11)17)8-15-13-10(16)5-3-7-14-13;1-2-5-3-4-1;;;/h2-8,16-17H,1H3;1-3H,(H,4,5);;;/q;;;2*-2/p-2/b15-8+;;;;. The summed E-state index contributed by atoms with van der Waals surface area (Å²) in [6.07, 6.45) is 7.87. The Balaban J connectivity index is 0. The van der Waals surface area contributed by atoms with Crippen LogP contribution < -0.4 is 14.9 Å². The molecule has 0 radical (unpaired) electrons. The summed E-state index contributed by atoms with van der Waals surface area (Å²) in [5.41, 5.74) is 0.347. The fourth-order valence-corrected chi connectivity index (χ4v) is 1.62. The molecule has 0 saturated carbocycles. The summed E-state index contributed by atoms with van der Waals surface area (Å²) in [6, 6.07) is 7.74. The van der Waals surface area contributed by atoms with Crippen molar-refractivity contribution in [1.29, 1.82) is 0 Å². The normalized spacial score (nSPS) is 8.96. The van der Waals surface area contributed by atoms with Gasteiger partial charge in [-0.1, -0.05) is 29.7 Å². The van der Waals surface area contributed by atoms with Crippen LogP contribution in [-0.2, 0) is 32.0 Å². The van der Waals surface area contributed by atoms with Crippen LogP contribution in [0, 0.1) is 0 Å². The van der Waals surface area contributed by atoms with Crippen LogP contribution in [-0.4, -0.2) is 28.3 Å². The molecule has 0 atom stereocenters. The average Bonchev–Trinajstić information content (AvgIpc) is 3.15. The number of aromatic nitrogens is 3. The Morgan fingerprint density at radius 2 is 1.88 bits per heavy atom. The molecular weight excluding hydrogens is 424 g/mol. The van der Waals surface area contributed by atoms with Gasteiger partial charge in [-0.05, 0) is 17.7 Å². The first-order valence-corrected chi connectivity index (χ1v) is 6.65. The summed E-state index contributed by atoms with van der Waals surface area (Å²) in [4.78, 5) is 14.1. The van der Waals surface area contributed by atoms with Crippen molar-refractivity contribution >= 4 is 12.0 Å². The van der Waals surface area contributed by atoms with Gasteiger partial charge in [0.15, 0.2) is 0 Å². The summed E-state index contributed by atoms with van der Waals surface area (Å²) >= 11 is 0. The maximum absolute atomic E-state index is 11.8. The molecule has 1 aromatic carbocycles. The second-order valence-corrected chi connectivity index (χ2v) is 4.22. The number of imidazole rings is 1. The first kappa shape index (κ1) is 25.5. The van der Waals surface area contributed by atoms with E-state index < -0.39 is 0 Å². The van der Waals surface area contributed by atoms with Crippen molar-refractivity contribution in [2.45, 2.75) is 0 Å². The van der Waals surface area contributed by atoms with Gasteiger partial charge < -0.3 is 30.9 Å². The van der Waals surface area contributed by atoms with Crippen LogP contribution in [0.3, 0.4) is 0 Å². The molecule has 9 nitrogen and oxygen atoms in total. The number of ether oxygens (including phenoxy) is 1. The van der Waals surface area contributed by atoms with Crippen LogP contribution in [0.1, 0.15) is 5.56 Å². The van der Waals surface area contributed by atoms with Crippen LogP contribution in [0.4, 0.5) is 5.82 Å². The Kier molecular flexibility index (Phi) is 13.3. The number of hydrogen-bond donors (Lipinski definition) is 1. The van der Waals surface area contributed by atoms with Crippen molar-refractivity contribution in [3.05, 3.63) is 60.8 Å². The van der Waals surface area contributed by atoms with Gasteiger partial charge in [-0.15, -0.1) is 0 Å². The number of nitrogens with zero attached hydrogens (tertiary/aromatic N) is 3. The zero-order valence-corrected chi connectivity index (χ0v) is 15.6. The molecule has 0 spiro atoms. The molecule has 26 heavy (non-hydrogen) atoms. The molecule has 2 heterocycles. The maximum atomic E-state index is 11.8. The van der Waals surface area contributed by atoms with E-state index in [1.807, 2.05) is 0 Å². The summed E-state index contributed by atoms with van der Waals surface area (Å²) in [5.74, 6) is -0.265. The van der Waals surface area contributed by atoms with Gasteiger partial charge >= 0.3 is 0 Å². The third kappa shape index (κ3) is 7.43. The van der Waals surface area contributed by atoms with Crippen LogP contribution in [0.25, 0.3) is 0 Å². The second-order valence-electron chi connectivity index (χ2n) is 4.22. The molecule has 1 N–H and O–H groups in total. The number of nitrogens with one attached hydrogen (secondary N) is 1. The zero-order chi connectivity index (χ0) is 16.5. The summed E-state index contributed by atoms with van der Waals surface area (Å²) in [7, 11) is 1.42. The van der Waals surface area contributed by atoms with Gasteiger partial charge in [0, 0.05) is 45.9 Å². The Bertz CT molecular complexity index is 752. The molecule has 10 heteroatoms. The molecule has 0 aliphatic heterocycles. The first-order valence-electron chi connectivity index (χ1n) is 6.65. The SMILES string of the molecule is COc1cccc(/C=N/c2ncccc2[O-])c1[O-].[Mo].[O-2].[O-2].c1c[nH]cn1. The smallest absolute Gasteiger partial charge is 0.143 e. The molecule has 0 aliphatic carbocycles. The van der Waals surface area contributed by atoms with E-state index in [1.54, 1.807) is 36.9 Å². The number of para-hydroxylation sites is 1. The number of aliphatic imine (C=N–C) groups is 1. The molecule has 0 saturated heterocycles. The van der Waals surface area contributed by atoms with Crippen molar-refractivity contribution in [3.8, 4) is 17.2 Å². The molecule has 0 fully saturated rings. The van der Waals surface area contributed by atoms with Crippen molar-refractivity contribution in [3.63, 3.8) is 0 Å². The Morgan fingerprint density at radius 1 is 1.12 bits per heavy atom. The van der Waals surface area contributed by atoms with Gasteiger partial charge in [0.1, 0.15) is 11.6 Å². The molecular formula is C16H14MoN4O5-6. The molecule has 0 unspecified atom stereocenters. The van der Waals surface area contributed by atoms with Gasteiger partial charge in [-0.2, -0.15) is 0 Å². The zero-order valence-electron chi connectivity index (χ0n) is 13.6. The van der Waals surface area contributed by atoms with Crippen molar-refractivity contribution < 1.29 is 47.0 Å². The van der Waals surface area contributed by atoms with E-state index in [0.717, 1.165) is 0 Å². The van der Waals surface area contributed by atoms with Crippen LogP contribution in [0.2, 0.25) is 0 Å². The van der Waals surface area contributed by atoms with Gasteiger partial charge in [0.2, 0.25) is 0 Å². The van der Waals surface area contributed by atoms with E-state index >= 15 is 0 Å². The largest absolute Gasteiger partial charge is 2.00 e. The van der Waals surface area contributed by atoms with E-state index in [0.29, 0.717) is 5.56 Å². The summed E-state index contributed by atoms with van der Waals surface area (Å²) < 4.78 is 4.91.